The predicted molar refractivity (Wildman–Crippen MR) is 58.5 cm³/mol. The lowest BCUT2D eigenvalue weighted by molar-refractivity contribution is -0.514. The SMILES string of the molecule is CC1=CC(=O)N(CC(=O)OOOC(C)(C)C)C1=O. The second kappa shape index (κ2) is 5.28. The summed E-state index contributed by atoms with van der Waals surface area (Å²) in [6.07, 6.45) is 1.15. The van der Waals surface area contributed by atoms with Crippen molar-refractivity contribution >= 4 is 17.8 Å². The summed E-state index contributed by atoms with van der Waals surface area (Å²) in [6, 6.07) is 0. The van der Waals surface area contributed by atoms with Crippen molar-refractivity contribution in [2.75, 3.05) is 6.54 Å². The molecule has 0 bridgehead atoms. The number of imide groups is 1. The van der Waals surface area contributed by atoms with E-state index in [1.807, 2.05) is 0 Å². The average Bonchev–Trinajstić information content (AvgIpc) is 2.43. The third-order valence-corrected chi connectivity index (χ3v) is 1.89. The van der Waals surface area contributed by atoms with Gasteiger partial charge in [0.05, 0.1) is 5.60 Å². The van der Waals surface area contributed by atoms with Crippen molar-refractivity contribution in [1.29, 1.82) is 0 Å². The zero-order valence-corrected chi connectivity index (χ0v) is 10.7. The minimum Gasteiger partial charge on any atom is -0.269 e. The van der Waals surface area contributed by atoms with E-state index in [0.29, 0.717) is 0 Å². The van der Waals surface area contributed by atoms with Crippen molar-refractivity contribution in [3.05, 3.63) is 11.6 Å². The van der Waals surface area contributed by atoms with E-state index in [4.69, 9.17) is 4.89 Å². The molecule has 1 aliphatic rings. The second-order valence-corrected chi connectivity index (χ2v) is 4.78. The summed E-state index contributed by atoms with van der Waals surface area (Å²) < 4.78 is 0. The molecule has 1 aliphatic heterocycles. The molecule has 0 aromatic carbocycles. The number of rotatable bonds is 4. The summed E-state index contributed by atoms with van der Waals surface area (Å²) in [5, 5.41) is 4.25. The zero-order chi connectivity index (χ0) is 13.9. The van der Waals surface area contributed by atoms with Crippen LogP contribution in [-0.4, -0.2) is 34.8 Å². The highest BCUT2D eigenvalue weighted by Gasteiger charge is 2.31. The Morgan fingerprint density at radius 1 is 1.33 bits per heavy atom. The van der Waals surface area contributed by atoms with Gasteiger partial charge in [0, 0.05) is 11.6 Å². The van der Waals surface area contributed by atoms with Crippen LogP contribution in [0, 0.1) is 0 Å². The molecular formula is C11H15NO6. The molecule has 0 saturated heterocycles. The van der Waals surface area contributed by atoms with E-state index in [-0.39, 0.29) is 5.57 Å². The third-order valence-electron chi connectivity index (χ3n) is 1.89. The molecular weight excluding hydrogens is 242 g/mol. The van der Waals surface area contributed by atoms with Gasteiger partial charge in [-0.05, 0) is 32.7 Å². The molecule has 7 heteroatoms. The van der Waals surface area contributed by atoms with Crippen molar-refractivity contribution < 1.29 is 29.2 Å². The Kier molecular flexibility index (Phi) is 4.20. The van der Waals surface area contributed by atoms with E-state index in [1.165, 1.54) is 6.92 Å². The maximum Gasteiger partial charge on any atom is 0.365 e. The molecule has 0 N–H and O–H groups in total. The average molecular weight is 257 g/mol. The molecule has 0 spiro atoms. The minimum atomic E-state index is -0.899. The molecule has 0 atom stereocenters. The van der Waals surface area contributed by atoms with Gasteiger partial charge in [0.25, 0.3) is 11.8 Å². The third kappa shape index (κ3) is 3.94. The molecule has 0 aliphatic carbocycles. The van der Waals surface area contributed by atoms with Gasteiger partial charge in [0.15, 0.2) is 0 Å². The van der Waals surface area contributed by atoms with E-state index in [1.54, 1.807) is 20.8 Å². The largest absolute Gasteiger partial charge is 0.365 e. The fourth-order valence-electron chi connectivity index (χ4n) is 1.10. The first-order valence-corrected chi connectivity index (χ1v) is 5.30. The van der Waals surface area contributed by atoms with Crippen LogP contribution < -0.4 is 0 Å². The van der Waals surface area contributed by atoms with Crippen LogP contribution in [-0.2, 0) is 29.2 Å². The van der Waals surface area contributed by atoms with E-state index < -0.39 is 29.9 Å². The summed E-state index contributed by atoms with van der Waals surface area (Å²) in [7, 11) is 0. The lowest BCUT2D eigenvalue weighted by Crippen LogP contribution is -2.36. The fraction of sp³-hybridized carbons (Fsp3) is 0.545. The standard InChI is InChI=1S/C11H15NO6/c1-7-5-8(13)12(10(7)15)6-9(14)16-18-17-11(2,3)4/h5H,6H2,1-4H3. The van der Waals surface area contributed by atoms with Gasteiger partial charge in [-0.25, -0.2) is 4.79 Å². The van der Waals surface area contributed by atoms with Crippen molar-refractivity contribution in [1.82, 2.24) is 4.90 Å². The first-order chi connectivity index (χ1) is 8.20. The molecule has 1 rings (SSSR count). The van der Waals surface area contributed by atoms with Gasteiger partial charge >= 0.3 is 5.97 Å². The van der Waals surface area contributed by atoms with Crippen molar-refractivity contribution in [2.24, 2.45) is 0 Å². The Balaban J connectivity index is 2.38. The highest BCUT2D eigenvalue weighted by molar-refractivity contribution is 6.16. The number of amides is 2. The maximum atomic E-state index is 11.4. The molecule has 2 amide bonds. The Morgan fingerprint density at radius 2 is 1.94 bits per heavy atom. The van der Waals surface area contributed by atoms with Crippen LogP contribution in [0.2, 0.25) is 0 Å². The van der Waals surface area contributed by atoms with Crippen LogP contribution in [0.15, 0.2) is 11.6 Å². The topological polar surface area (TPSA) is 82.1 Å². The number of carbonyl (C=O) groups excluding carboxylic acids is 3. The van der Waals surface area contributed by atoms with Gasteiger partial charge in [0.2, 0.25) is 0 Å². The molecule has 0 aromatic rings. The number of carbonyl (C=O) groups is 3. The zero-order valence-electron chi connectivity index (χ0n) is 10.7. The summed E-state index contributed by atoms with van der Waals surface area (Å²) in [4.78, 5) is 43.8. The van der Waals surface area contributed by atoms with Crippen LogP contribution in [0.5, 0.6) is 0 Å². The fourth-order valence-corrected chi connectivity index (χ4v) is 1.10. The van der Waals surface area contributed by atoms with Gasteiger partial charge in [0.1, 0.15) is 6.54 Å². The quantitative estimate of drug-likeness (QED) is 0.414. The second-order valence-electron chi connectivity index (χ2n) is 4.78. The number of hydrogen-bond donors (Lipinski definition) is 0. The van der Waals surface area contributed by atoms with Crippen LogP contribution in [0.4, 0.5) is 0 Å². The Bertz CT molecular complexity index is 406. The lowest BCUT2D eigenvalue weighted by atomic mass is 10.2. The van der Waals surface area contributed by atoms with Crippen molar-refractivity contribution in [3.63, 3.8) is 0 Å². The van der Waals surface area contributed by atoms with E-state index in [0.717, 1.165) is 11.0 Å². The number of nitrogens with zero attached hydrogens (tertiary/aromatic N) is 1. The molecule has 0 unspecified atom stereocenters. The Labute approximate surface area is 104 Å². The van der Waals surface area contributed by atoms with E-state index in [9.17, 15) is 14.4 Å². The first-order valence-electron chi connectivity index (χ1n) is 5.30. The van der Waals surface area contributed by atoms with Gasteiger partial charge in [-0.15, -0.1) is 0 Å². The molecule has 18 heavy (non-hydrogen) atoms. The Morgan fingerprint density at radius 3 is 2.39 bits per heavy atom. The molecule has 0 fully saturated rings. The predicted octanol–water partition coefficient (Wildman–Crippen LogP) is 0.506. The molecule has 0 saturated carbocycles. The summed E-state index contributed by atoms with van der Waals surface area (Å²) in [5.41, 5.74) is -0.364. The minimum absolute atomic E-state index is 0.277. The van der Waals surface area contributed by atoms with Crippen LogP contribution in [0.25, 0.3) is 0 Å². The molecule has 100 valence electrons. The summed E-state index contributed by atoms with van der Waals surface area (Å²) in [5.74, 6) is -1.97. The Hall–Kier alpha value is -1.73. The summed E-state index contributed by atoms with van der Waals surface area (Å²) >= 11 is 0. The van der Waals surface area contributed by atoms with Crippen LogP contribution in [0.3, 0.4) is 0 Å². The monoisotopic (exact) mass is 257 g/mol. The van der Waals surface area contributed by atoms with Gasteiger partial charge in [-0.1, -0.05) is 0 Å². The van der Waals surface area contributed by atoms with Gasteiger partial charge < -0.3 is 0 Å². The first kappa shape index (κ1) is 14.3. The normalized spacial score (nSPS) is 16.0. The number of hydrogen-bond acceptors (Lipinski definition) is 6. The molecule has 0 aromatic heterocycles. The molecule has 0 radical (unpaired) electrons. The lowest BCUT2D eigenvalue weighted by Gasteiger charge is -2.16. The maximum absolute atomic E-state index is 11.4. The molecule has 7 nitrogen and oxygen atoms in total. The van der Waals surface area contributed by atoms with Gasteiger partial charge in [-0.2, -0.15) is 4.89 Å². The van der Waals surface area contributed by atoms with Crippen LogP contribution >= 0.6 is 0 Å². The van der Waals surface area contributed by atoms with Crippen molar-refractivity contribution in [2.45, 2.75) is 33.3 Å². The van der Waals surface area contributed by atoms with Gasteiger partial charge in [-0.3, -0.25) is 19.4 Å². The van der Waals surface area contributed by atoms with Crippen molar-refractivity contribution in [3.8, 4) is 0 Å². The summed E-state index contributed by atoms with van der Waals surface area (Å²) in [6.45, 7) is 6.06. The van der Waals surface area contributed by atoms with E-state index in [2.05, 4.69) is 9.93 Å². The van der Waals surface area contributed by atoms with Crippen LogP contribution in [0.1, 0.15) is 27.7 Å². The molecule has 1 heterocycles. The highest BCUT2D eigenvalue weighted by Crippen LogP contribution is 2.12. The van der Waals surface area contributed by atoms with E-state index >= 15 is 0 Å². The smallest absolute Gasteiger partial charge is 0.269 e. The highest BCUT2D eigenvalue weighted by atomic mass is 17.5.